The molecule has 0 radical (unpaired) electrons. The minimum atomic E-state index is -3.81. The fraction of sp³-hybridized carbons (Fsp3) is 0.389. The molecule has 0 aliphatic heterocycles. The molecule has 26 heavy (non-hydrogen) atoms. The molecule has 0 unspecified atom stereocenters. The van der Waals surface area contributed by atoms with Crippen molar-refractivity contribution in [3.8, 4) is 0 Å². The molecular formula is C18H24N2O4S2. The van der Waals surface area contributed by atoms with Crippen molar-refractivity contribution in [3.63, 3.8) is 0 Å². The van der Waals surface area contributed by atoms with E-state index in [2.05, 4.69) is 9.71 Å². The van der Waals surface area contributed by atoms with E-state index in [0.29, 0.717) is 17.5 Å². The molecule has 0 aliphatic carbocycles. The molecular weight excluding hydrogens is 372 g/mol. The van der Waals surface area contributed by atoms with Crippen LogP contribution in [0.15, 0.2) is 47.6 Å². The molecule has 1 heterocycles. The van der Waals surface area contributed by atoms with Gasteiger partial charge in [-0.15, -0.1) is 0 Å². The molecule has 1 atom stereocenters. The third kappa shape index (κ3) is 4.90. The van der Waals surface area contributed by atoms with Crippen molar-refractivity contribution in [1.29, 1.82) is 0 Å². The first-order valence-corrected chi connectivity index (χ1v) is 11.6. The van der Waals surface area contributed by atoms with Crippen molar-refractivity contribution < 1.29 is 16.8 Å². The molecule has 1 N–H and O–H groups in total. The lowest BCUT2D eigenvalue weighted by molar-refractivity contribution is 0.567. The van der Waals surface area contributed by atoms with Crippen LogP contribution in [0.2, 0.25) is 0 Å². The Morgan fingerprint density at radius 3 is 2.46 bits per heavy atom. The number of hydrogen-bond donors (Lipinski definition) is 1. The normalized spacial score (nSPS) is 13.5. The van der Waals surface area contributed by atoms with Gasteiger partial charge in [0.1, 0.15) is 5.25 Å². The number of pyridine rings is 1. The second kappa shape index (κ2) is 8.28. The SMILES string of the molecule is CCCS(=O)(=O)NC[C@@H](c1cccnc1)S(=O)(=O)c1cc(C)ccc1C. The summed E-state index contributed by atoms with van der Waals surface area (Å²) >= 11 is 0. The maximum absolute atomic E-state index is 13.3. The van der Waals surface area contributed by atoms with Gasteiger partial charge in [-0.2, -0.15) is 0 Å². The van der Waals surface area contributed by atoms with E-state index in [9.17, 15) is 16.8 Å². The Kier molecular flexibility index (Phi) is 6.54. The smallest absolute Gasteiger partial charge is 0.211 e. The zero-order valence-electron chi connectivity index (χ0n) is 15.1. The Morgan fingerprint density at radius 2 is 1.85 bits per heavy atom. The summed E-state index contributed by atoms with van der Waals surface area (Å²) in [6, 6.07) is 8.51. The van der Waals surface area contributed by atoms with Gasteiger partial charge in [0, 0.05) is 18.9 Å². The van der Waals surface area contributed by atoms with Crippen LogP contribution in [0.3, 0.4) is 0 Å². The molecule has 0 saturated carbocycles. The molecule has 0 fully saturated rings. The minimum absolute atomic E-state index is 0.0454. The van der Waals surface area contributed by atoms with Crippen LogP contribution in [0.25, 0.3) is 0 Å². The van der Waals surface area contributed by atoms with E-state index >= 15 is 0 Å². The predicted molar refractivity (Wildman–Crippen MR) is 102 cm³/mol. The molecule has 2 aromatic rings. The first-order chi connectivity index (χ1) is 12.2. The van der Waals surface area contributed by atoms with Crippen LogP contribution >= 0.6 is 0 Å². The highest BCUT2D eigenvalue weighted by molar-refractivity contribution is 7.92. The molecule has 2 rings (SSSR count). The fourth-order valence-corrected chi connectivity index (χ4v) is 5.87. The van der Waals surface area contributed by atoms with Crippen LogP contribution in [0.4, 0.5) is 0 Å². The molecule has 8 heteroatoms. The number of aromatic nitrogens is 1. The van der Waals surface area contributed by atoms with Crippen LogP contribution in [0.1, 0.15) is 35.3 Å². The van der Waals surface area contributed by atoms with Gasteiger partial charge in [0.05, 0.1) is 10.6 Å². The number of sulfonamides is 1. The van der Waals surface area contributed by atoms with Gasteiger partial charge in [0.15, 0.2) is 9.84 Å². The van der Waals surface area contributed by atoms with E-state index < -0.39 is 25.1 Å². The van der Waals surface area contributed by atoms with Crippen LogP contribution < -0.4 is 4.72 Å². The van der Waals surface area contributed by atoms with Gasteiger partial charge < -0.3 is 0 Å². The van der Waals surface area contributed by atoms with Crippen molar-refractivity contribution >= 4 is 19.9 Å². The van der Waals surface area contributed by atoms with Crippen LogP contribution in [0, 0.1) is 13.8 Å². The molecule has 0 saturated heterocycles. The van der Waals surface area contributed by atoms with Crippen molar-refractivity contribution in [3.05, 3.63) is 59.4 Å². The van der Waals surface area contributed by atoms with Crippen LogP contribution in [-0.4, -0.2) is 34.1 Å². The van der Waals surface area contributed by atoms with Gasteiger partial charge >= 0.3 is 0 Å². The number of nitrogens with one attached hydrogen (secondary N) is 1. The molecule has 0 aliphatic rings. The number of benzene rings is 1. The minimum Gasteiger partial charge on any atom is -0.264 e. The van der Waals surface area contributed by atoms with Gasteiger partial charge in [-0.05, 0) is 49.1 Å². The zero-order valence-corrected chi connectivity index (χ0v) is 16.8. The number of nitrogens with zero attached hydrogens (tertiary/aromatic N) is 1. The molecule has 0 amide bonds. The summed E-state index contributed by atoms with van der Waals surface area (Å²) in [5.74, 6) is -0.0454. The molecule has 0 bridgehead atoms. The summed E-state index contributed by atoms with van der Waals surface area (Å²) in [7, 11) is -7.34. The number of aryl methyl sites for hydroxylation is 2. The predicted octanol–water partition coefficient (Wildman–Crippen LogP) is 2.54. The number of sulfone groups is 1. The van der Waals surface area contributed by atoms with Crippen molar-refractivity contribution in [2.75, 3.05) is 12.3 Å². The van der Waals surface area contributed by atoms with E-state index in [4.69, 9.17) is 0 Å². The first kappa shape index (κ1) is 20.5. The summed E-state index contributed by atoms with van der Waals surface area (Å²) in [5, 5.41) is -1.05. The Balaban J connectivity index is 2.48. The lowest BCUT2D eigenvalue weighted by Crippen LogP contribution is -2.33. The third-order valence-electron chi connectivity index (χ3n) is 4.04. The summed E-state index contributed by atoms with van der Waals surface area (Å²) in [4.78, 5) is 4.20. The van der Waals surface area contributed by atoms with Crippen molar-refractivity contribution in [1.82, 2.24) is 9.71 Å². The van der Waals surface area contributed by atoms with E-state index in [1.54, 1.807) is 44.3 Å². The molecule has 0 spiro atoms. The van der Waals surface area contributed by atoms with Crippen LogP contribution in [0.5, 0.6) is 0 Å². The third-order valence-corrected chi connectivity index (χ3v) is 7.84. The topological polar surface area (TPSA) is 93.2 Å². The van der Waals surface area contributed by atoms with Crippen LogP contribution in [-0.2, 0) is 19.9 Å². The average Bonchev–Trinajstić information content (AvgIpc) is 2.57. The highest BCUT2D eigenvalue weighted by Crippen LogP contribution is 2.30. The van der Waals surface area contributed by atoms with Crippen molar-refractivity contribution in [2.45, 2.75) is 37.3 Å². The van der Waals surface area contributed by atoms with E-state index in [1.165, 1.54) is 6.20 Å². The van der Waals surface area contributed by atoms with Gasteiger partial charge in [-0.25, -0.2) is 21.6 Å². The van der Waals surface area contributed by atoms with Gasteiger partial charge in [0.2, 0.25) is 10.0 Å². The van der Waals surface area contributed by atoms with Gasteiger partial charge in [0.25, 0.3) is 0 Å². The lowest BCUT2D eigenvalue weighted by Gasteiger charge is -2.20. The standard InChI is InChI=1S/C18H24N2O4S2/c1-4-10-25(21,22)20-13-18(16-6-5-9-19-12-16)26(23,24)17-11-14(2)7-8-15(17)3/h5-9,11-12,18,20H,4,10,13H2,1-3H3/t18-/m0/s1. The average molecular weight is 397 g/mol. The monoisotopic (exact) mass is 396 g/mol. The second-order valence-corrected chi connectivity index (χ2v) is 10.3. The van der Waals surface area contributed by atoms with Crippen molar-refractivity contribution in [2.24, 2.45) is 0 Å². The lowest BCUT2D eigenvalue weighted by atomic mass is 10.2. The quantitative estimate of drug-likeness (QED) is 0.740. The Morgan fingerprint density at radius 1 is 1.12 bits per heavy atom. The van der Waals surface area contributed by atoms with E-state index in [-0.39, 0.29) is 17.2 Å². The van der Waals surface area contributed by atoms with E-state index in [0.717, 1.165) is 5.56 Å². The number of rotatable bonds is 8. The Labute approximate surface area is 155 Å². The maximum atomic E-state index is 13.3. The zero-order chi connectivity index (χ0) is 19.4. The fourth-order valence-electron chi connectivity index (χ4n) is 2.68. The summed E-state index contributed by atoms with van der Waals surface area (Å²) in [5.41, 5.74) is 1.90. The summed E-state index contributed by atoms with van der Waals surface area (Å²) in [6.07, 6.45) is 3.46. The highest BCUT2D eigenvalue weighted by Gasteiger charge is 2.31. The first-order valence-electron chi connectivity index (χ1n) is 8.36. The molecule has 6 nitrogen and oxygen atoms in total. The van der Waals surface area contributed by atoms with Gasteiger partial charge in [-0.3, -0.25) is 4.98 Å². The Bertz CT molecular complexity index is 956. The summed E-state index contributed by atoms with van der Waals surface area (Å²) in [6.45, 7) is 5.07. The van der Waals surface area contributed by atoms with E-state index in [1.807, 2.05) is 13.0 Å². The van der Waals surface area contributed by atoms with Gasteiger partial charge in [-0.1, -0.05) is 25.1 Å². The molecule has 1 aromatic carbocycles. The Hall–Kier alpha value is -1.77. The molecule has 142 valence electrons. The molecule has 1 aromatic heterocycles. The number of hydrogen-bond acceptors (Lipinski definition) is 5. The second-order valence-electron chi connectivity index (χ2n) is 6.26. The summed E-state index contributed by atoms with van der Waals surface area (Å²) < 4.78 is 53.1. The maximum Gasteiger partial charge on any atom is 0.211 e. The highest BCUT2D eigenvalue weighted by atomic mass is 32.2. The largest absolute Gasteiger partial charge is 0.264 e.